The number of nitrogens with one attached hydrogen (secondary N) is 2. The van der Waals surface area contributed by atoms with Crippen molar-refractivity contribution in [3.63, 3.8) is 0 Å². The first-order valence-electron chi connectivity index (χ1n) is 7.74. The van der Waals surface area contributed by atoms with E-state index in [4.69, 9.17) is 14.2 Å². The van der Waals surface area contributed by atoms with Crippen LogP contribution in [0.1, 0.15) is 6.92 Å². The maximum atomic E-state index is 12.1. The van der Waals surface area contributed by atoms with Crippen LogP contribution in [0.4, 0.5) is 11.4 Å². The van der Waals surface area contributed by atoms with E-state index in [0.717, 1.165) is 0 Å². The lowest BCUT2D eigenvalue weighted by atomic mass is 10.2. The van der Waals surface area contributed by atoms with Crippen LogP contribution >= 0.6 is 0 Å². The van der Waals surface area contributed by atoms with Crippen LogP contribution < -0.4 is 24.8 Å². The number of ether oxygens (including phenoxy) is 3. The van der Waals surface area contributed by atoms with E-state index in [-0.39, 0.29) is 18.4 Å². The Bertz CT molecular complexity index is 806. The molecule has 1 heterocycles. The van der Waals surface area contributed by atoms with Gasteiger partial charge >= 0.3 is 0 Å². The van der Waals surface area contributed by atoms with Crippen molar-refractivity contribution < 1.29 is 23.8 Å². The molecule has 0 bridgehead atoms. The molecule has 2 aromatic rings. The highest BCUT2D eigenvalue weighted by atomic mass is 16.5. The van der Waals surface area contributed by atoms with Gasteiger partial charge in [0.1, 0.15) is 5.75 Å². The molecule has 0 fully saturated rings. The van der Waals surface area contributed by atoms with E-state index in [9.17, 15) is 9.59 Å². The third-order valence-corrected chi connectivity index (χ3v) is 3.62. The summed E-state index contributed by atoms with van der Waals surface area (Å²) in [6, 6.07) is 12.1. The SMILES string of the molecule is COc1ccccc1OCC(=O)Nc1ccc2c(c1)NC(=O)C(C)O2. The van der Waals surface area contributed by atoms with Gasteiger partial charge < -0.3 is 24.8 Å². The highest BCUT2D eigenvalue weighted by molar-refractivity contribution is 5.99. The third kappa shape index (κ3) is 3.82. The molecular weight excluding hydrogens is 324 g/mol. The van der Waals surface area contributed by atoms with Crippen LogP contribution in [-0.4, -0.2) is 31.6 Å². The summed E-state index contributed by atoms with van der Waals surface area (Å²) in [6.45, 7) is 1.50. The fourth-order valence-electron chi connectivity index (χ4n) is 2.36. The van der Waals surface area contributed by atoms with Crippen molar-refractivity contribution in [3.8, 4) is 17.2 Å². The average molecular weight is 342 g/mol. The molecule has 0 saturated heterocycles. The van der Waals surface area contributed by atoms with Gasteiger partial charge in [0.2, 0.25) is 0 Å². The minimum Gasteiger partial charge on any atom is -0.493 e. The predicted octanol–water partition coefficient (Wildman–Crippen LogP) is 2.43. The Morgan fingerprint density at radius 2 is 2.00 bits per heavy atom. The molecular formula is C18H18N2O5. The van der Waals surface area contributed by atoms with E-state index in [2.05, 4.69) is 10.6 Å². The fraction of sp³-hybridized carbons (Fsp3) is 0.222. The van der Waals surface area contributed by atoms with Crippen LogP contribution in [0.15, 0.2) is 42.5 Å². The summed E-state index contributed by atoms with van der Waals surface area (Å²) in [5, 5.41) is 5.45. The summed E-state index contributed by atoms with van der Waals surface area (Å²) >= 11 is 0. The molecule has 130 valence electrons. The molecule has 0 aliphatic carbocycles. The number of para-hydroxylation sites is 2. The third-order valence-electron chi connectivity index (χ3n) is 3.62. The van der Waals surface area contributed by atoms with Crippen molar-refractivity contribution in [2.75, 3.05) is 24.4 Å². The molecule has 0 radical (unpaired) electrons. The molecule has 7 nitrogen and oxygen atoms in total. The summed E-state index contributed by atoms with van der Waals surface area (Å²) in [7, 11) is 1.53. The molecule has 7 heteroatoms. The Balaban J connectivity index is 1.62. The van der Waals surface area contributed by atoms with Crippen molar-refractivity contribution in [1.29, 1.82) is 0 Å². The van der Waals surface area contributed by atoms with Crippen molar-refractivity contribution in [1.82, 2.24) is 0 Å². The second-order valence-corrected chi connectivity index (χ2v) is 5.45. The van der Waals surface area contributed by atoms with Crippen molar-refractivity contribution >= 4 is 23.2 Å². The second kappa shape index (κ2) is 7.12. The molecule has 3 rings (SSSR count). The monoisotopic (exact) mass is 342 g/mol. The Morgan fingerprint density at radius 3 is 2.76 bits per heavy atom. The summed E-state index contributed by atoms with van der Waals surface area (Å²) in [6.07, 6.45) is -0.540. The average Bonchev–Trinajstić information content (AvgIpc) is 2.61. The number of rotatable bonds is 5. The predicted molar refractivity (Wildman–Crippen MR) is 92.3 cm³/mol. The number of anilines is 2. The van der Waals surface area contributed by atoms with Crippen molar-refractivity contribution in [3.05, 3.63) is 42.5 Å². The van der Waals surface area contributed by atoms with E-state index in [0.29, 0.717) is 28.6 Å². The van der Waals surface area contributed by atoms with Gasteiger partial charge in [0.25, 0.3) is 11.8 Å². The molecule has 1 aliphatic rings. The van der Waals surface area contributed by atoms with E-state index in [1.165, 1.54) is 7.11 Å². The Hall–Kier alpha value is -3.22. The van der Waals surface area contributed by atoms with Crippen LogP contribution in [-0.2, 0) is 9.59 Å². The number of fused-ring (bicyclic) bond motifs is 1. The molecule has 2 N–H and O–H groups in total. The van der Waals surface area contributed by atoms with Gasteiger partial charge in [-0.05, 0) is 37.3 Å². The van der Waals surface area contributed by atoms with Crippen LogP contribution in [0, 0.1) is 0 Å². The minimum absolute atomic E-state index is 0.169. The first kappa shape index (κ1) is 16.6. The zero-order valence-electron chi connectivity index (χ0n) is 13.9. The van der Waals surface area contributed by atoms with Gasteiger partial charge in [-0.2, -0.15) is 0 Å². The summed E-state index contributed by atoms with van der Waals surface area (Å²) in [4.78, 5) is 23.7. The number of benzene rings is 2. The standard InChI is InChI=1S/C18H18N2O5/c1-11-18(22)20-13-9-12(7-8-14(13)25-11)19-17(21)10-24-16-6-4-3-5-15(16)23-2/h3-9,11H,10H2,1-2H3,(H,19,21)(H,20,22). The molecule has 1 atom stereocenters. The molecule has 2 aromatic carbocycles. The lowest BCUT2D eigenvalue weighted by Gasteiger charge is -2.23. The van der Waals surface area contributed by atoms with Gasteiger partial charge in [-0.1, -0.05) is 12.1 Å². The van der Waals surface area contributed by atoms with E-state index in [1.807, 2.05) is 6.07 Å². The lowest BCUT2D eigenvalue weighted by molar-refractivity contribution is -0.122. The first-order valence-corrected chi connectivity index (χ1v) is 7.74. The fourth-order valence-corrected chi connectivity index (χ4v) is 2.36. The van der Waals surface area contributed by atoms with Crippen molar-refractivity contribution in [2.45, 2.75) is 13.0 Å². The minimum atomic E-state index is -0.540. The van der Waals surface area contributed by atoms with Crippen molar-refractivity contribution in [2.24, 2.45) is 0 Å². The van der Waals surface area contributed by atoms with E-state index < -0.39 is 6.10 Å². The second-order valence-electron chi connectivity index (χ2n) is 5.45. The number of hydrogen-bond acceptors (Lipinski definition) is 5. The Morgan fingerprint density at radius 1 is 1.24 bits per heavy atom. The van der Waals surface area contributed by atoms with Crippen LogP contribution in [0.3, 0.4) is 0 Å². The van der Waals surface area contributed by atoms with Gasteiger partial charge in [0.05, 0.1) is 12.8 Å². The van der Waals surface area contributed by atoms with E-state index >= 15 is 0 Å². The number of carbonyl (C=O) groups is 2. The molecule has 0 saturated carbocycles. The lowest BCUT2D eigenvalue weighted by Crippen LogP contribution is -2.34. The van der Waals surface area contributed by atoms with Gasteiger partial charge in [-0.15, -0.1) is 0 Å². The number of carbonyl (C=O) groups excluding carboxylic acids is 2. The van der Waals surface area contributed by atoms with Crippen LogP contribution in [0.25, 0.3) is 0 Å². The molecule has 0 spiro atoms. The molecule has 0 aromatic heterocycles. The van der Waals surface area contributed by atoms with Gasteiger partial charge in [0.15, 0.2) is 24.2 Å². The summed E-state index contributed by atoms with van der Waals surface area (Å²) < 4.78 is 16.1. The van der Waals surface area contributed by atoms with Crippen LogP contribution in [0.5, 0.6) is 17.2 Å². The van der Waals surface area contributed by atoms with Gasteiger partial charge in [0, 0.05) is 5.69 Å². The van der Waals surface area contributed by atoms with Gasteiger partial charge in [-0.3, -0.25) is 9.59 Å². The highest BCUT2D eigenvalue weighted by Crippen LogP contribution is 2.32. The first-order chi connectivity index (χ1) is 12.1. The van der Waals surface area contributed by atoms with E-state index in [1.54, 1.807) is 43.3 Å². The summed E-state index contributed by atoms with van der Waals surface area (Å²) in [5.74, 6) is 1.05. The maximum absolute atomic E-state index is 12.1. The molecule has 1 unspecified atom stereocenters. The molecule has 25 heavy (non-hydrogen) atoms. The van der Waals surface area contributed by atoms with Crippen LogP contribution in [0.2, 0.25) is 0 Å². The topological polar surface area (TPSA) is 85.9 Å². The smallest absolute Gasteiger partial charge is 0.265 e. The number of hydrogen-bond donors (Lipinski definition) is 2. The Labute approximate surface area is 144 Å². The summed E-state index contributed by atoms with van der Waals surface area (Å²) in [5.41, 5.74) is 1.05. The normalized spacial score (nSPS) is 15.4. The largest absolute Gasteiger partial charge is 0.493 e. The Kier molecular flexibility index (Phi) is 4.74. The molecule has 1 aliphatic heterocycles. The zero-order valence-corrected chi connectivity index (χ0v) is 13.9. The number of amides is 2. The van der Waals surface area contributed by atoms with Gasteiger partial charge in [-0.25, -0.2) is 0 Å². The number of methoxy groups -OCH3 is 1. The molecule has 2 amide bonds. The quantitative estimate of drug-likeness (QED) is 0.872. The highest BCUT2D eigenvalue weighted by Gasteiger charge is 2.23. The maximum Gasteiger partial charge on any atom is 0.265 e. The zero-order chi connectivity index (χ0) is 17.8.